The summed E-state index contributed by atoms with van der Waals surface area (Å²) in [7, 11) is 0. The Morgan fingerprint density at radius 1 is 1.17 bits per heavy atom. The molecule has 2 N–H and O–H groups in total. The number of aliphatic hydroxyl groups is 1. The predicted molar refractivity (Wildman–Crippen MR) is 61.2 cm³/mol. The fourth-order valence-corrected chi connectivity index (χ4v) is 2.30. The van der Waals surface area contributed by atoms with Crippen molar-refractivity contribution >= 4 is 12.0 Å². The van der Waals surface area contributed by atoms with Gasteiger partial charge >= 0.3 is 12.0 Å². The maximum atomic E-state index is 12.2. The van der Waals surface area contributed by atoms with Gasteiger partial charge in [0.15, 0.2) is 6.10 Å². The van der Waals surface area contributed by atoms with Crippen LogP contribution in [0.5, 0.6) is 0 Å². The Morgan fingerprint density at radius 2 is 1.89 bits per heavy atom. The highest BCUT2D eigenvalue weighted by Gasteiger charge is 2.32. The topological polar surface area (TPSA) is 90.3 Å². The van der Waals surface area contributed by atoms with Gasteiger partial charge in [-0.1, -0.05) is 0 Å². The van der Waals surface area contributed by atoms with Crippen molar-refractivity contribution in [2.45, 2.75) is 25.0 Å². The minimum atomic E-state index is -1.05. The number of β-amino-alcohol motifs (C(OH)–C–C–N with tert-alkyl or cyclic N) is 1. The molecule has 2 amide bonds. The molecule has 2 rings (SSSR count). The van der Waals surface area contributed by atoms with Crippen LogP contribution in [0.1, 0.15) is 12.8 Å². The molecule has 0 radical (unpaired) electrons. The molecule has 7 heteroatoms. The molecule has 0 aromatic carbocycles. The molecule has 2 aliphatic rings. The fourth-order valence-electron chi connectivity index (χ4n) is 2.30. The maximum Gasteiger partial charge on any atom is 0.334 e. The third kappa shape index (κ3) is 2.91. The molecular formula is C11H18N2O5. The Morgan fingerprint density at radius 3 is 2.56 bits per heavy atom. The number of aliphatic carboxylic acids is 1. The van der Waals surface area contributed by atoms with Crippen LogP contribution in [0, 0.1) is 0 Å². The van der Waals surface area contributed by atoms with Crippen molar-refractivity contribution in [2.75, 3.05) is 32.8 Å². The second-order valence-electron chi connectivity index (χ2n) is 4.67. The number of carbonyl (C=O) groups excluding carboxylic acids is 1. The number of ether oxygens (including phenoxy) is 1. The number of aliphatic hydroxyl groups excluding tert-OH is 1. The van der Waals surface area contributed by atoms with Crippen molar-refractivity contribution in [1.82, 2.24) is 9.80 Å². The van der Waals surface area contributed by atoms with Crippen LogP contribution < -0.4 is 0 Å². The van der Waals surface area contributed by atoms with Crippen molar-refractivity contribution in [3.63, 3.8) is 0 Å². The second kappa shape index (κ2) is 5.53. The van der Waals surface area contributed by atoms with E-state index in [0.717, 1.165) is 6.42 Å². The minimum absolute atomic E-state index is 0.0702. The highest BCUT2D eigenvalue weighted by atomic mass is 16.5. The summed E-state index contributed by atoms with van der Waals surface area (Å²) in [5.41, 5.74) is 0. The summed E-state index contributed by atoms with van der Waals surface area (Å²) in [4.78, 5) is 26.1. The molecule has 2 saturated heterocycles. The zero-order chi connectivity index (χ0) is 13.1. The summed E-state index contributed by atoms with van der Waals surface area (Å²) >= 11 is 0. The lowest BCUT2D eigenvalue weighted by Crippen LogP contribution is -2.55. The Kier molecular flexibility index (Phi) is 4.03. The number of amides is 2. The van der Waals surface area contributed by atoms with Crippen molar-refractivity contribution in [3.8, 4) is 0 Å². The number of likely N-dealkylation sites (tertiary alicyclic amines) is 1. The van der Waals surface area contributed by atoms with E-state index in [1.807, 2.05) is 0 Å². The van der Waals surface area contributed by atoms with E-state index in [9.17, 15) is 14.7 Å². The number of carbonyl (C=O) groups is 2. The van der Waals surface area contributed by atoms with E-state index in [4.69, 9.17) is 9.84 Å². The van der Waals surface area contributed by atoms with E-state index in [1.54, 1.807) is 4.90 Å². The standard InChI is InChI=1S/C11H18N2O5/c14-8-2-1-3-12(6-8)11(17)13-4-5-18-9(7-13)10(15)16/h8-9,14H,1-7H2,(H,15,16). The van der Waals surface area contributed by atoms with Crippen LogP contribution in [-0.4, -0.2) is 77.0 Å². The van der Waals surface area contributed by atoms with Crippen molar-refractivity contribution in [2.24, 2.45) is 0 Å². The van der Waals surface area contributed by atoms with Gasteiger partial charge in [-0.15, -0.1) is 0 Å². The molecular weight excluding hydrogens is 240 g/mol. The van der Waals surface area contributed by atoms with Gasteiger partial charge in [0.2, 0.25) is 0 Å². The van der Waals surface area contributed by atoms with E-state index in [0.29, 0.717) is 26.1 Å². The highest BCUT2D eigenvalue weighted by molar-refractivity contribution is 5.77. The Hall–Kier alpha value is -1.34. The molecule has 2 heterocycles. The Labute approximate surface area is 105 Å². The number of nitrogens with zero attached hydrogens (tertiary/aromatic N) is 2. The van der Waals surface area contributed by atoms with Gasteiger partial charge < -0.3 is 24.7 Å². The molecule has 18 heavy (non-hydrogen) atoms. The third-order valence-electron chi connectivity index (χ3n) is 3.28. The van der Waals surface area contributed by atoms with Crippen molar-refractivity contribution in [3.05, 3.63) is 0 Å². The van der Waals surface area contributed by atoms with Crippen LogP contribution >= 0.6 is 0 Å². The van der Waals surface area contributed by atoms with E-state index in [2.05, 4.69) is 0 Å². The van der Waals surface area contributed by atoms with E-state index >= 15 is 0 Å². The number of carboxylic acids is 1. The monoisotopic (exact) mass is 258 g/mol. The SMILES string of the molecule is O=C(O)C1CN(C(=O)N2CCCC(O)C2)CCO1. The number of rotatable bonds is 1. The number of hydrogen-bond acceptors (Lipinski definition) is 4. The minimum Gasteiger partial charge on any atom is -0.479 e. The summed E-state index contributed by atoms with van der Waals surface area (Å²) in [6.07, 6.45) is 0.0703. The molecule has 2 atom stereocenters. The number of morpholine rings is 1. The fraction of sp³-hybridized carbons (Fsp3) is 0.818. The molecule has 0 spiro atoms. The number of piperidine rings is 1. The average molecular weight is 258 g/mol. The van der Waals surface area contributed by atoms with Gasteiger partial charge in [0.25, 0.3) is 0 Å². The Bertz CT molecular complexity index is 335. The number of carboxylic acid groups (broad SMARTS) is 1. The molecule has 0 bridgehead atoms. The molecule has 2 aliphatic heterocycles. The average Bonchev–Trinajstić information content (AvgIpc) is 2.38. The van der Waals surface area contributed by atoms with Crippen LogP contribution in [0.2, 0.25) is 0 Å². The van der Waals surface area contributed by atoms with Crippen LogP contribution in [0.25, 0.3) is 0 Å². The van der Waals surface area contributed by atoms with E-state index in [-0.39, 0.29) is 19.2 Å². The first-order valence-electron chi connectivity index (χ1n) is 6.14. The largest absolute Gasteiger partial charge is 0.479 e. The zero-order valence-corrected chi connectivity index (χ0v) is 10.1. The van der Waals surface area contributed by atoms with Crippen LogP contribution in [0.4, 0.5) is 4.79 Å². The van der Waals surface area contributed by atoms with Gasteiger partial charge in [0.05, 0.1) is 19.3 Å². The van der Waals surface area contributed by atoms with E-state index in [1.165, 1.54) is 4.90 Å². The van der Waals surface area contributed by atoms with E-state index < -0.39 is 18.2 Å². The number of urea groups is 1. The number of hydrogen-bond donors (Lipinski definition) is 2. The van der Waals surface area contributed by atoms with Crippen LogP contribution in [0.3, 0.4) is 0 Å². The normalized spacial score (nSPS) is 29.2. The molecule has 0 aromatic heterocycles. The van der Waals surface area contributed by atoms with Crippen LogP contribution in [0.15, 0.2) is 0 Å². The summed E-state index contributed by atoms with van der Waals surface area (Å²) in [5, 5.41) is 18.4. The first-order chi connectivity index (χ1) is 8.58. The van der Waals surface area contributed by atoms with Gasteiger partial charge in [-0.2, -0.15) is 0 Å². The molecule has 0 aromatic rings. The van der Waals surface area contributed by atoms with Gasteiger partial charge in [-0.05, 0) is 12.8 Å². The highest BCUT2D eigenvalue weighted by Crippen LogP contribution is 2.14. The molecule has 0 saturated carbocycles. The van der Waals surface area contributed by atoms with Gasteiger partial charge in [0, 0.05) is 19.6 Å². The zero-order valence-electron chi connectivity index (χ0n) is 10.1. The lowest BCUT2D eigenvalue weighted by Gasteiger charge is -2.37. The lowest BCUT2D eigenvalue weighted by molar-refractivity contribution is -0.154. The Balaban J connectivity index is 1.93. The summed E-state index contributed by atoms with van der Waals surface area (Å²) in [6, 6.07) is -0.205. The molecule has 102 valence electrons. The quantitative estimate of drug-likeness (QED) is 0.652. The first kappa shape index (κ1) is 13.1. The van der Waals surface area contributed by atoms with Crippen LogP contribution in [-0.2, 0) is 9.53 Å². The van der Waals surface area contributed by atoms with Gasteiger partial charge in [-0.3, -0.25) is 0 Å². The molecule has 2 unspecified atom stereocenters. The van der Waals surface area contributed by atoms with Gasteiger partial charge in [0.1, 0.15) is 0 Å². The van der Waals surface area contributed by atoms with Crippen molar-refractivity contribution in [1.29, 1.82) is 0 Å². The maximum absolute atomic E-state index is 12.2. The lowest BCUT2D eigenvalue weighted by atomic mass is 10.1. The third-order valence-corrected chi connectivity index (χ3v) is 3.28. The molecule has 7 nitrogen and oxygen atoms in total. The summed E-state index contributed by atoms with van der Waals surface area (Å²) < 4.78 is 5.07. The summed E-state index contributed by atoms with van der Waals surface area (Å²) in [6.45, 7) is 1.65. The summed E-state index contributed by atoms with van der Waals surface area (Å²) in [5.74, 6) is -1.05. The molecule has 2 fully saturated rings. The first-order valence-corrected chi connectivity index (χ1v) is 6.14. The second-order valence-corrected chi connectivity index (χ2v) is 4.67. The van der Waals surface area contributed by atoms with Crippen molar-refractivity contribution < 1.29 is 24.5 Å². The van der Waals surface area contributed by atoms with Gasteiger partial charge in [-0.25, -0.2) is 9.59 Å². The molecule has 0 aliphatic carbocycles. The predicted octanol–water partition coefficient (Wildman–Crippen LogP) is -0.652. The smallest absolute Gasteiger partial charge is 0.334 e.